The highest BCUT2D eigenvalue weighted by molar-refractivity contribution is 7.71. The summed E-state index contributed by atoms with van der Waals surface area (Å²) in [7, 11) is 0. The van der Waals surface area contributed by atoms with Gasteiger partial charge < -0.3 is 0 Å². The SMILES string of the molecule is Cc1ccc(CC(C)n2c(-c3cccnc3)n[nH]c2=S)s1. The number of rotatable bonds is 4. The maximum atomic E-state index is 5.40. The number of aromatic nitrogens is 4. The Morgan fingerprint density at radius 1 is 1.38 bits per heavy atom. The van der Waals surface area contributed by atoms with Gasteiger partial charge in [0.15, 0.2) is 10.6 Å². The van der Waals surface area contributed by atoms with Crippen LogP contribution in [-0.2, 0) is 6.42 Å². The van der Waals surface area contributed by atoms with Crippen molar-refractivity contribution in [2.75, 3.05) is 0 Å². The van der Waals surface area contributed by atoms with Crippen LogP contribution >= 0.6 is 23.6 Å². The zero-order chi connectivity index (χ0) is 14.8. The number of nitrogens with one attached hydrogen (secondary N) is 1. The Balaban J connectivity index is 1.95. The Bertz CT molecular complexity index is 785. The first-order valence-corrected chi connectivity index (χ1v) is 8.00. The van der Waals surface area contributed by atoms with Crippen LogP contribution in [0.1, 0.15) is 22.7 Å². The molecule has 0 radical (unpaired) electrons. The van der Waals surface area contributed by atoms with Crippen LogP contribution in [0.15, 0.2) is 36.7 Å². The predicted octanol–water partition coefficient (Wildman–Crippen LogP) is 4.18. The van der Waals surface area contributed by atoms with Gasteiger partial charge in [0, 0.05) is 40.2 Å². The topological polar surface area (TPSA) is 46.5 Å². The van der Waals surface area contributed by atoms with E-state index in [1.807, 2.05) is 29.7 Å². The normalized spacial score (nSPS) is 12.5. The van der Waals surface area contributed by atoms with Crippen LogP contribution in [0, 0.1) is 11.7 Å². The first-order chi connectivity index (χ1) is 10.1. The standard InChI is InChI=1S/C15H16N4S2/c1-10(8-13-6-5-11(2)21-13)19-14(17-18-15(19)20)12-4-3-7-16-9-12/h3-7,9-10H,8H2,1-2H3,(H,18,20). The molecule has 0 spiro atoms. The third-order valence-corrected chi connectivity index (χ3v) is 4.67. The molecular formula is C15H16N4S2. The fraction of sp³-hybridized carbons (Fsp3) is 0.267. The monoisotopic (exact) mass is 316 g/mol. The molecule has 0 aliphatic rings. The molecule has 1 unspecified atom stereocenters. The largest absolute Gasteiger partial charge is 0.297 e. The molecular weight excluding hydrogens is 300 g/mol. The second-order valence-corrected chi connectivity index (χ2v) is 6.79. The van der Waals surface area contributed by atoms with Crippen molar-refractivity contribution < 1.29 is 0 Å². The van der Waals surface area contributed by atoms with Crippen molar-refractivity contribution in [1.82, 2.24) is 19.7 Å². The van der Waals surface area contributed by atoms with Crippen LogP contribution < -0.4 is 0 Å². The maximum absolute atomic E-state index is 5.40. The minimum atomic E-state index is 0.240. The van der Waals surface area contributed by atoms with Gasteiger partial charge in [0.25, 0.3) is 0 Å². The number of pyridine rings is 1. The zero-order valence-electron chi connectivity index (χ0n) is 11.9. The summed E-state index contributed by atoms with van der Waals surface area (Å²) >= 11 is 7.23. The lowest BCUT2D eigenvalue weighted by Crippen LogP contribution is -2.09. The zero-order valence-corrected chi connectivity index (χ0v) is 13.5. The Labute approximate surface area is 132 Å². The summed E-state index contributed by atoms with van der Waals surface area (Å²) in [6.45, 7) is 4.30. The summed E-state index contributed by atoms with van der Waals surface area (Å²) < 4.78 is 2.72. The lowest BCUT2D eigenvalue weighted by molar-refractivity contribution is 0.546. The Morgan fingerprint density at radius 2 is 2.24 bits per heavy atom. The minimum Gasteiger partial charge on any atom is -0.297 e. The Morgan fingerprint density at radius 3 is 2.90 bits per heavy atom. The van der Waals surface area contributed by atoms with E-state index in [-0.39, 0.29) is 6.04 Å². The summed E-state index contributed by atoms with van der Waals surface area (Å²) in [5, 5.41) is 7.26. The van der Waals surface area contributed by atoms with E-state index in [4.69, 9.17) is 12.2 Å². The lowest BCUT2D eigenvalue weighted by atomic mass is 10.2. The number of hydrogen-bond donors (Lipinski definition) is 1. The highest BCUT2D eigenvalue weighted by atomic mass is 32.1. The number of thiophene rings is 1. The van der Waals surface area contributed by atoms with Gasteiger partial charge in [0.2, 0.25) is 0 Å². The molecule has 6 heteroatoms. The average Bonchev–Trinajstić information content (AvgIpc) is 3.06. The van der Waals surface area contributed by atoms with Crippen molar-refractivity contribution in [3.63, 3.8) is 0 Å². The van der Waals surface area contributed by atoms with E-state index in [1.54, 1.807) is 6.20 Å². The van der Waals surface area contributed by atoms with Crippen molar-refractivity contribution in [1.29, 1.82) is 0 Å². The number of nitrogens with zero attached hydrogens (tertiary/aromatic N) is 3. The summed E-state index contributed by atoms with van der Waals surface area (Å²) in [4.78, 5) is 6.85. The third-order valence-electron chi connectivity index (χ3n) is 3.36. The van der Waals surface area contributed by atoms with Gasteiger partial charge in [-0.25, -0.2) is 0 Å². The van der Waals surface area contributed by atoms with Gasteiger partial charge in [-0.3, -0.25) is 14.6 Å². The predicted molar refractivity (Wildman–Crippen MR) is 88.1 cm³/mol. The molecule has 4 nitrogen and oxygen atoms in total. The van der Waals surface area contributed by atoms with Gasteiger partial charge in [-0.05, 0) is 50.3 Å². The molecule has 0 saturated carbocycles. The molecule has 0 saturated heterocycles. The summed E-state index contributed by atoms with van der Waals surface area (Å²) in [6, 6.07) is 8.48. The Kier molecular flexibility index (Phi) is 3.98. The minimum absolute atomic E-state index is 0.240. The van der Waals surface area contributed by atoms with Gasteiger partial charge in [0.1, 0.15) is 0 Å². The lowest BCUT2D eigenvalue weighted by Gasteiger charge is -2.14. The highest BCUT2D eigenvalue weighted by Gasteiger charge is 2.15. The van der Waals surface area contributed by atoms with Crippen LogP contribution in [-0.4, -0.2) is 19.7 Å². The van der Waals surface area contributed by atoms with Crippen LogP contribution in [0.4, 0.5) is 0 Å². The molecule has 0 fully saturated rings. The molecule has 1 atom stereocenters. The van der Waals surface area contributed by atoms with Crippen molar-refractivity contribution in [3.8, 4) is 11.4 Å². The highest BCUT2D eigenvalue weighted by Crippen LogP contribution is 2.25. The number of hydrogen-bond acceptors (Lipinski definition) is 4. The van der Waals surface area contributed by atoms with Crippen LogP contribution in [0.5, 0.6) is 0 Å². The second kappa shape index (κ2) is 5.91. The van der Waals surface area contributed by atoms with Gasteiger partial charge in [-0.1, -0.05) is 0 Å². The number of aryl methyl sites for hydroxylation is 1. The van der Waals surface area contributed by atoms with E-state index in [0.29, 0.717) is 4.77 Å². The van der Waals surface area contributed by atoms with E-state index in [9.17, 15) is 0 Å². The van der Waals surface area contributed by atoms with Crippen molar-refractivity contribution >= 4 is 23.6 Å². The fourth-order valence-electron chi connectivity index (χ4n) is 2.39. The molecule has 0 aliphatic carbocycles. The Hall–Kier alpha value is -1.79. The first kappa shape index (κ1) is 14.2. The van der Waals surface area contributed by atoms with Crippen LogP contribution in [0.2, 0.25) is 0 Å². The molecule has 0 aliphatic heterocycles. The molecule has 21 heavy (non-hydrogen) atoms. The molecule has 3 rings (SSSR count). The van der Waals surface area contributed by atoms with E-state index < -0.39 is 0 Å². The summed E-state index contributed by atoms with van der Waals surface area (Å²) in [5.74, 6) is 0.842. The molecule has 3 aromatic heterocycles. The van der Waals surface area contributed by atoms with Crippen molar-refractivity contribution in [2.24, 2.45) is 0 Å². The van der Waals surface area contributed by atoms with Gasteiger partial charge in [-0.15, -0.1) is 11.3 Å². The molecule has 108 valence electrons. The van der Waals surface area contributed by atoms with Crippen molar-refractivity contribution in [2.45, 2.75) is 26.3 Å². The number of H-pyrrole nitrogens is 1. The fourth-order valence-corrected chi connectivity index (χ4v) is 3.71. The molecule has 1 N–H and O–H groups in total. The van der Waals surface area contributed by atoms with E-state index >= 15 is 0 Å². The molecule has 3 aromatic rings. The maximum Gasteiger partial charge on any atom is 0.195 e. The van der Waals surface area contributed by atoms with Gasteiger partial charge in [-0.2, -0.15) is 5.10 Å². The second-order valence-electron chi connectivity index (χ2n) is 5.03. The molecule has 3 heterocycles. The summed E-state index contributed by atoms with van der Waals surface area (Å²) in [6.07, 6.45) is 4.51. The third kappa shape index (κ3) is 2.96. The summed E-state index contributed by atoms with van der Waals surface area (Å²) in [5.41, 5.74) is 0.971. The van der Waals surface area contributed by atoms with E-state index in [2.05, 4.69) is 45.7 Å². The van der Waals surface area contributed by atoms with E-state index in [1.165, 1.54) is 9.75 Å². The van der Waals surface area contributed by atoms with Gasteiger partial charge >= 0.3 is 0 Å². The molecule has 0 bridgehead atoms. The first-order valence-electron chi connectivity index (χ1n) is 6.78. The van der Waals surface area contributed by atoms with Gasteiger partial charge in [0.05, 0.1) is 0 Å². The van der Waals surface area contributed by atoms with Crippen LogP contribution in [0.3, 0.4) is 0 Å². The van der Waals surface area contributed by atoms with E-state index in [0.717, 1.165) is 17.8 Å². The molecule has 0 aromatic carbocycles. The number of aromatic amines is 1. The van der Waals surface area contributed by atoms with Crippen LogP contribution in [0.25, 0.3) is 11.4 Å². The molecule has 0 amide bonds. The smallest absolute Gasteiger partial charge is 0.195 e. The van der Waals surface area contributed by atoms with Crippen molar-refractivity contribution in [3.05, 3.63) is 51.2 Å². The quantitative estimate of drug-likeness (QED) is 0.735. The average molecular weight is 316 g/mol.